The highest BCUT2D eigenvalue weighted by atomic mass is 16.1. The Balaban J connectivity index is 2.67. The van der Waals surface area contributed by atoms with E-state index in [1.807, 2.05) is 0 Å². The van der Waals surface area contributed by atoms with Crippen molar-refractivity contribution < 1.29 is 4.79 Å². The number of rotatable bonds is 5. The number of ketones is 1. The number of carbonyl (C=O) groups is 1. The number of hydrogen-bond acceptors (Lipinski definition) is 2. The van der Waals surface area contributed by atoms with Gasteiger partial charge in [0.2, 0.25) is 0 Å². The summed E-state index contributed by atoms with van der Waals surface area (Å²) >= 11 is 0. The normalized spacial score (nSPS) is 29.7. The summed E-state index contributed by atoms with van der Waals surface area (Å²) in [6, 6.07) is 0. The first kappa shape index (κ1) is 14.4. The third-order valence-electron chi connectivity index (χ3n) is 4.33. The summed E-state index contributed by atoms with van der Waals surface area (Å²) in [6.07, 6.45) is 1.85. The first-order valence-electron chi connectivity index (χ1n) is 6.90. The number of hydrogen-bond donors (Lipinski definition) is 0. The molecule has 1 aliphatic rings. The fourth-order valence-corrected chi connectivity index (χ4v) is 2.77. The number of nitrogens with zero attached hydrogens (tertiary/aromatic N) is 1. The maximum atomic E-state index is 12.0. The van der Waals surface area contributed by atoms with E-state index >= 15 is 0 Å². The Kier molecular flexibility index (Phi) is 5.38. The lowest BCUT2D eigenvalue weighted by Crippen LogP contribution is -2.39. The molecule has 3 atom stereocenters. The standard InChI is InChI=1S/C15H27NO/c1-6-16(7-2)10-14-8-13(11(3)4)9-15(17)12(14)5/h12-14H,3,6-10H2,1-2,4-5H3/t12-,13-,14+/m0/s1. The van der Waals surface area contributed by atoms with Gasteiger partial charge in [-0.3, -0.25) is 4.79 Å². The van der Waals surface area contributed by atoms with Gasteiger partial charge >= 0.3 is 0 Å². The quantitative estimate of drug-likeness (QED) is 0.685. The van der Waals surface area contributed by atoms with Gasteiger partial charge in [0.05, 0.1) is 0 Å². The predicted octanol–water partition coefficient (Wildman–Crippen LogP) is 3.14. The van der Waals surface area contributed by atoms with Crippen LogP contribution in [0.15, 0.2) is 12.2 Å². The summed E-state index contributed by atoms with van der Waals surface area (Å²) in [5.41, 5.74) is 1.18. The van der Waals surface area contributed by atoms with E-state index in [-0.39, 0.29) is 5.92 Å². The molecule has 0 aromatic rings. The number of Topliss-reactive ketones (excluding diaryl/α,β-unsaturated/α-hetero) is 1. The molecule has 0 aliphatic heterocycles. The van der Waals surface area contributed by atoms with Crippen molar-refractivity contribution in [2.75, 3.05) is 19.6 Å². The fourth-order valence-electron chi connectivity index (χ4n) is 2.77. The average molecular weight is 237 g/mol. The molecule has 1 aliphatic carbocycles. The van der Waals surface area contributed by atoms with Crippen LogP contribution in [0.5, 0.6) is 0 Å². The lowest BCUT2D eigenvalue weighted by atomic mass is 9.72. The smallest absolute Gasteiger partial charge is 0.136 e. The molecule has 0 unspecified atom stereocenters. The Hall–Kier alpha value is -0.630. The molecule has 98 valence electrons. The summed E-state index contributed by atoms with van der Waals surface area (Å²) in [7, 11) is 0. The molecule has 1 fully saturated rings. The summed E-state index contributed by atoms with van der Waals surface area (Å²) in [6.45, 7) is 15.8. The molecule has 0 heterocycles. The minimum absolute atomic E-state index is 0.228. The molecule has 0 spiro atoms. The van der Waals surface area contributed by atoms with E-state index in [9.17, 15) is 4.79 Å². The zero-order chi connectivity index (χ0) is 13.0. The van der Waals surface area contributed by atoms with E-state index in [4.69, 9.17) is 0 Å². The van der Waals surface area contributed by atoms with Gasteiger partial charge in [0.25, 0.3) is 0 Å². The minimum Gasteiger partial charge on any atom is -0.304 e. The van der Waals surface area contributed by atoms with Crippen LogP contribution in [0.1, 0.15) is 40.5 Å². The van der Waals surface area contributed by atoms with Crippen LogP contribution in [-0.2, 0) is 4.79 Å². The second-order valence-electron chi connectivity index (χ2n) is 5.48. The van der Waals surface area contributed by atoms with Crippen LogP contribution in [0.2, 0.25) is 0 Å². The van der Waals surface area contributed by atoms with Crippen LogP contribution in [0.25, 0.3) is 0 Å². The van der Waals surface area contributed by atoms with Gasteiger partial charge < -0.3 is 4.90 Å². The van der Waals surface area contributed by atoms with E-state index in [1.165, 1.54) is 5.57 Å². The molecule has 1 saturated carbocycles. The average Bonchev–Trinajstić information content (AvgIpc) is 2.30. The fraction of sp³-hybridized carbons (Fsp3) is 0.800. The van der Waals surface area contributed by atoms with E-state index in [0.717, 1.165) is 26.1 Å². The Morgan fingerprint density at radius 3 is 2.47 bits per heavy atom. The molecule has 0 aromatic heterocycles. The Morgan fingerprint density at radius 2 is 2.00 bits per heavy atom. The summed E-state index contributed by atoms with van der Waals surface area (Å²) in [4.78, 5) is 14.4. The topological polar surface area (TPSA) is 20.3 Å². The Morgan fingerprint density at radius 1 is 1.41 bits per heavy atom. The molecule has 0 amide bonds. The monoisotopic (exact) mass is 237 g/mol. The van der Waals surface area contributed by atoms with Gasteiger partial charge in [0, 0.05) is 18.9 Å². The largest absolute Gasteiger partial charge is 0.304 e. The SMILES string of the molecule is C=C(C)[C@@H]1CC(=O)[C@@H](C)[C@@H](CN(CC)CC)C1. The van der Waals surface area contributed by atoms with Crippen LogP contribution in [0, 0.1) is 17.8 Å². The molecule has 0 N–H and O–H groups in total. The molecule has 0 radical (unpaired) electrons. The van der Waals surface area contributed by atoms with Crippen LogP contribution >= 0.6 is 0 Å². The van der Waals surface area contributed by atoms with Crippen molar-refractivity contribution in [1.29, 1.82) is 0 Å². The maximum absolute atomic E-state index is 12.0. The van der Waals surface area contributed by atoms with Gasteiger partial charge in [-0.1, -0.05) is 32.9 Å². The molecular formula is C15H27NO. The van der Waals surface area contributed by atoms with Crippen molar-refractivity contribution in [3.05, 3.63) is 12.2 Å². The summed E-state index contributed by atoms with van der Waals surface area (Å²) in [5.74, 6) is 1.59. The highest BCUT2D eigenvalue weighted by molar-refractivity contribution is 5.82. The zero-order valence-electron chi connectivity index (χ0n) is 11.8. The molecule has 17 heavy (non-hydrogen) atoms. The van der Waals surface area contributed by atoms with Crippen molar-refractivity contribution >= 4 is 5.78 Å². The van der Waals surface area contributed by atoms with Crippen molar-refractivity contribution in [3.63, 3.8) is 0 Å². The van der Waals surface area contributed by atoms with Crippen molar-refractivity contribution in [2.45, 2.75) is 40.5 Å². The second kappa shape index (κ2) is 6.34. The highest BCUT2D eigenvalue weighted by Crippen LogP contribution is 2.35. The van der Waals surface area contributed by atoms with E-state index in [2.05, 4.69) is 39.2 Å². The molecule has 0 saturated heterocycles. The molecule has 2 nitrogen and oxygen atoms in total. The molecular weight excluding hydrogens is 210 g/mol. The van der Waals surface area contributed by atoms with Crippen molar-refractivity contribution in [1.82, 2.24) is 4.90 Å². The third kappa shape index (κ3) is 3.67. The first-order chi connectivity index (χ1) is 7.99. The van der Waals surface area contributed by atoms with Gasteiger partial charge in [-0.15, -0.1) is 0 Å². The van der Waals surface area contributed by atoms with E-state index < -0.39 is 0 Å². The first-order valence-corrected chi connectivity index (χ1v) is 6.90. The lowest BCUT2D eigenvalue weighted by Gasteiger charge is -2.36. The summed E-state index contributed by atoms with van der Waals surface area (Å²) in [5, 5.41) is 0. The summed E-state index contributed by atoms with van der Waals surface area (Å²) < 4.78 is 0. The van der Waals surface area contributed by atoms with Crippen LogP contribution in [0.3, 0.4) is 0 Å². The maximum Gasteiger partial charge on any atom is 0.136 e. The van der Waals surface area contributed by atoms with E-state index in [1.54, 1.807) is 0 Å². The second-order valence-corrected chi connectivity index (χ2v) is 5.48. The van der Waals surface area contributed by atoms with Gasteiger partial charge in [0.1, 0.15) is 5.78 Å². The van der Waals surface area contributed by atoms with Crippen molar-refractivity contribution in [2.24, 2.45) is 17.8 Å². The van der Waals surface area contributed by atoms with Crippen molar-refractivity contribution in [3.8, 4) is 0 Å². The van der Waals surface area contributed by atoms with Gasteiger partial charge in [-0.05, 0) is 38.3 Å². The minimum atomic E-state index is 0.228. The zero-order valence-corrected chi connectivity index (χ0v) is 11.8. The number of carbonyl (C=O) groups excluding carboxylic acids is 1. The lowest BCUT2D eigenvalue weighted by molar-refractivity contribution is -0.127. The van der Waals surface area contributed by atoms with Crippen LogP contribution in [-0.4, -0.2) is 30.3 Å². The Bertz CT molecular complexity index is 281. The highest BCUT2D eigenvalue weighted by Gasteiger charge is 2.34. The molecule has 0 bridgehead atoms. The van der Waals surface area contributed by atoms with Gasteiger partial charge in [0.15, 0.2) is 0 Å². The van der Waals surface area contributed by atoms with E-state index in [0.29, 0.717) is 24.0 Å². The molecule has 0 aromatic carbocycles. The molecule has 1 rings (SSSR count). The molecule has 2 heteroatoms. The van der Waals surface area contributed by atoms with Crippen LogP contribution < -0.4 is 0 Å². The third-order valence-corrected chi connectivity index (χ3v) is 4.33. The number of allylic oxidation sites excluding steroid dienone is 1. The van der Waals surface area contributed by atoms with Crippen LogP contribution in [0.4, 0.5) is 0 Å². The van der Waals surface area contributed by atoms with Gasteiger partial charge in [-0.2, -0.15) is 0 Å². The van der Waals surface area contributed by atoms with Gasteiger partial charge in [-0.25, -0.2) is 0 Å². The predicted molar refractivity (Wildman–Crippen MR) is 73.0 cm³/mol. The Labute approximate surface area is 106 Å².